The third kappa shape index (κ3) is 2.50. The number of halogens is 5. The first-order valence-electron chi connectivity index (χ1n) is 3.24. The van der Waals surface area contributed by atoms with Crippen LogP contribution in [0.1, 0.15) is 17.7 Å². The summed E-state index contributed by atoms with van der Waals surface area (Å²) in [4.78, 5) is 3.92. The number of rotatable bonds is 2. The molecule has 0 unspecified atom stereocenters. The molecule has 72 valence electrons. The zero-order valence-electron chi connectivity index (χ0n) is 6.20. The van der Waals surface area contributed by atoms with Crippen molar-refractivity contribution in [3.63, 3.8) is 0 Å². The fraction of sp³-hybridized carbons (Fsp3) is 0.286. The number of nitrogens with zero attached hydrogens (tertiary/aromatic N) is 1. The topological polar surface area (TPSA) is 12.9 Å². The van der Waals surface area contributed by atoms with Crippen molar-refractivity contribution >= 4 is 50.1 Å². The molecule has 0 aliphatic carbocycles. The maximum Gasteiger partial charge on any atom is 0.266 e. The number of alkyl halides is 3. The van der Waals surface area contributed by atoms with E-state index < -0.39 is 6.43 Å². The van der Waals surface area contributed by atoms with Gasteiger partial charge >= 0.3 is 0 Å². The zero-order chi connectivity index (χ0) is 10.0. The second-order valence-electron chi connectivity index (χ2n) is 2.21. The average molecular weight is 382 g/mol. The van der Waals surface area contributed by atoms with Crippen molar-refractivity contribution in [2.45, 2.75) is 12.3 Å². The van der Waals surface area contributed by atoms with Crippen LogP contribution >= 0.6 is 50.1 Å². The van der Waals surface area contributed by atoms with Crippen LogP contribution in [0.4, 0.5) is 8.78 Å². The molecule has 0 saturated carbocycles. The van der Waals surface area contributed by atoms with E-state index in [0.717, 1.165) is 0 Å². The van der Waals surface area contributed by atoms with Gasteiger partial charge in [-0.15, -0.1) is 11.6 Å². The van der Waals surface area contributed by atoms with E-state index in [0.29, 0.717) is 13.7 Å². The summed E-state index contributed by atoms with van der Waals surface area (Å²) in [7, 11) is 0. The van der Waals surface area contributed by atoms with Crippen LogP contribution in [0.15, 0.2) is 10.7 Å². The normalized spacial score (nSPS) is 10.9. The summed E-state index contributed by atoms with van der Waals surface area (Å²) in [6, 6.07) is 0. The molecule has 0 aliphatic heterocycles. The Hall–Kier alpha value is 0.510. The van der Waals surface area contributed by atoms with Gasteiger partial charge in [0.05, 0.1) is 11.6 Å². The fourth-order valence-corrected chi connectivity index (χ4v) is 2.94. The largest absolute Gasteiger partial charge is 0.266 e. The molecule has 0 radical (unpaired) electrons. The second kappa shape index (κ2) is 4.84. The SMILES string of the molecule is FC(F)c1c(Br)cnc(CCl)c1I. The van der Waals surface area contributed by atoms with Crippen LogP contribution in [0.2, 0.25) is 0 Å². The molecule has 0 saturated heterocycles. The Kier molecular flexibility index (Phi) is 4.31. The molecule has 0 aliphatic rings. The minimum absolute atomic E-state index is 0.0359. The molecule has 13 heavy (non-hydrogen) atoms. The van der Waals surface area contributed by atoms with Gasteiger partial charge in [-0.3, -0.25) is 4.98 Å². The molecular weight excluding hydrogens is 378 g/mol. The van der Waals surface area contributed by atoms with Crippen molar-refractivity contribution < 1.29 is 8.78 Å². The molecule has 1 aromatic heterocycles. The van der Waals surface area contributed by atoms with E-state index >= 15 is 0 Å². The van der Waals surface area contributed by atoms with Gasteiger partial charge in [0.1, 0.15) is 0 Å². The Labute approximate surface area is 101 Å². The van der Waals surface area contributed by atoms with E-state index in [9.17, 15) is 8.78 Å². The first-order valence-corrected chi connectivity index (χ1v) is 5.65. The van der Waals surface area contributed by atoms with Crippen LogP contribution in [0, 0.1) is 3.57 Å². The quantitative estimate of drug-likeness (QED) is 0.554. The molecule has 0 aromatic carbocycles. The van der Waals surface area contributed by atoms with E-state index in [1.807, 2.05) is 22.6 Å². The highest BCUT2D eigenvalue weighted by atomic mass is 127. The van der Waals surface area contributed by atoms with E-state index in [1.54, 1.807) is 0 Å². The van der Waals surface area contributed by atoms with E-state index in [-0.39, 0.29) is 11.4 Å². The van der Waals surface area contributed by atoms with Gasteiger partial charge in [0, 0.05) is 19.8 Å². The number of aromatic nitrogens is 1. The van der Waals surface area contributed by atoms with Gasteiger partial charge < -0.3 is 0 Å². The molecule has 0 fully saturated rings. The molecule has 0 amide bonds. The van der Waals surface area contributed by atoms with Gasteiger partial charge in [-0.05, 0) is 38.5 Å². The molecular formula is C7H4BrClF2IN. The highest BCUT2D eigenvalue weighted by molar-refractivity contribution is 14.1. The lowest BCUT2D eigenvalue weighted by molar-refractivity contribution is 0.149. The Morgan fingerprint density at radius 2 is 2.23 bits per heavy atom. The molecule has 1 heterocycles. The van der Waals surface area contributed by atoms with E-state index in [1.165, 1.54) is 6.20 Å². The molecule has 0 spiro atoms. The van der Waals surface area contributed by atoms with Crippen molar-refractivity contribution in [1.29, 1.82) is 0 Å². The minimum Gasteiger partial charge on any atom is -0.258 e. The lowest BCUT2D eigenvalue weighted by Crippen LogP contribution is -1.99. The maximum absolute atomic E-state index is 12.5. The summed E-state index contributed by atoms with van der Waals surface area (Å²) in [5.41, 5.74) is 0.451. The van der Waals surface area contributed by atoms with Gasteiger partial charge in [-0.1, -0.05) is 0 Å². The van der Waals surface area contributed by atoms with Gasteiger partial charge in [0.25, 0.3) is 6.43 Å². The fourth-order valence-electron chi connectivity index (χ4n) is 0.814. The van der Waals surface area contributed by atoms with Crippen LogP contribution in [-0.2, 0) is 5.88 Å². The molecule has 1 rings (SSSR count). The van der Waals surface area contributed by atoms with Crippen molar-refractivity contribution in [1.82, 2.24) is 4.98 Å². The summed E-state index contributed by atoms with van der Waals surface area (Å²) in [5, 5.41) is 0. The number of hydrogen-bond donors (Lipinski definition) is 0. The highest BCUT2D eigenvalue weighted by Gasteiger charge is 2.18. The summed E-state index contributed by atoms with van der Waals surface area (Å²) in [6.45, 7) is 0. The summed E-state index contributed by atoms with van der Waals surface area (Å²) in [6.07, 6.45) is -1.16. The van der Waals surface area contributed by atoms with Crippen molar-refractivity contribution in [2.24, 2.45) is 0 Å². The molecule has 0 bridgehead atoms. The summed E-state index contributed by atoms with van der Waals surface area (Å²) >= 11 is 10.4. The molecule has 1 aromatic rings. The van der Waals surface area contributed by atoms with Gasteiger partial charge in [-0.2, -0.15) is 0 Å². The zero-order valence-corrected chi connectivity index (χ0v) is 10.7. The van der Waals surface area contributed by atoms with Gasteiger partial charge in [-0.25, -0.2) is 8.78 Å². The predicted molar refractivity (Wildman–Crippen MR) is 59.2 cm³/mol. The summed E-state index contributed by atoms with van der Waals surface area (Å²) < 4.78 is 25.7. The monoisotopic (exact) mass is 381 g/mol. The van der Waals surface area contributed by atoms with Crippen LogP contribution < -0.4 is 0 Å². The number of hydrogen-bond acceptors (Lipinski definition) is 1. The van der Waals surface area contributed by atoms with Gasteiger partial charge in [0.15, 0.2) is 0 Å². The summed E-state index contributed by atoms with van der Waals surface area (Å²) in [5.74, 6) is 0.144. The molecule has 6 heteroatoms. The average Bonchev–Trinajstić information content (AvgIpc) is 2.04. The van der Waals surface area contributed by atoms with E-state index in [2.05, 4.69) is 20.9 Å². The second-order valence-corrected chi connectivity index (χ2v) is 4.42. The van der Waals surface area contributed by atoms with Gasteiger partial charge in [0.2, 0.25) is 0 Å². The number of pyridine rings is 1. The third-order valence-electron chi connectivity index (χ3n) is 1.43. The van der Waals surface area contributed by atoms with Crippen LogP contribution in [0.3, 0.4) is 0 Å². The molecule has 1 nitrogen and oxygen atoms in total. The van der Waals surface area contributed by atoms with Crippen LogP contribution in [0.25, 0.3) is 0 Å². The van der Waals surface area contributed by atoms with Crippen molar-refractivity contribution in [3.05, 3.63) is 25.5 Å². The lowest BCUT2D eigenvalue weighted by Gasteiger charge is -2.08. The Morgan fingerprint density at radius 3 is 2.69 bits per heavy atom. The van der Waals surface area contributed by atoms with Crippen LogP contribution in [0.5, 0.6) is 0 Å². The minimum atomic E-state index is -2.51. The Balaban J connectivity index is 3.30. The Bertz CT molecular complexity index is 322. The Morgan fingerprint density at radius 1 is 1.62 bits per heavy atom. The molecule has 0 atom stereocenters. The standard InChI is InChI=1S/C7H4BrClF2IN/c8-3-2-13-4(1-9)6(12)5(3)7(10)11/h2,7H,1H2. The first kappa shape index (κ1) is 11.6. The maximum atomic E-state index is 12.5. The highest BCUT2D eigenvalue weighted by Crippen LogP contribution is 2.32. The van der Waals surface area contributed by atoms with Crippen LogP contribution in [-0.4, -0.2) is 4.98 Å². The van der Waals surface area contributed by atoms with Crippen molar-refractivity contribution in [2.75, 3.05) is 0 Å². The molecule has 0 N–H and O–H groups in total. The predicted octanol–water partition coefficient (Wildman–Crippen LogP) is 4.13. The third-order valence-corrected chi connectivity index (χ3v) is 3.51. The van der Waals surface area contributed by atoms with Crippen molar-refractivity contribution in [3.8, 4) is 0 Å². The van der Waals surface area contributed by atoms with E-state index in [4.69, 9.17) is 11.6 Å². The lowest BCUT2D eigenvalue weighted by atomic mass is 10.2. The first-order chi connectivity index (χ1) is 6.07. The smallest absolute Gasteiger partial charge is 0.258 e.